The molecule has 2 heterocycles. The zero-order valence-electron chi connectivity index (χ0n) is 15.8. The smallest absolute Gasteiger partial charge is 0.236 e. The Morgan fingerprint density at radius 2 is 1.52 bits per heavy atom. The minimum absolute atomic E-state index is 0.101. The van der Waals surface area contributed by atoms with Gasteiger partial charge >= 0.3 is 0 Å². The van der Waals surface area contributed by atoms with Gasteiger partial charge in [0, 0.05) is 51.4 Å². The van der Waals surface area contributed by atoms with Crippen molar-refractivity contribution >= 4 is 11.8 Å². The maximum Gasteiger partial charge on any atom is 0.236 e. The molecule has 0 aliphatic carbocycles. The Labute approximate surface area is 160 Å². The minimum atomic E-state index is -0.301. The average Bonchev–Trinajstić information content (AvgIpc) is 2.69. The fourth-order valence-electron chi connectivity index (χ4n) is 3.63. The van der Waals surface area contributed by atoms with Gasteiger partial charge in [-0.25, -0.2) is 4.39 Å². The second-order valence-electron chi connectivity index (χ2n) is 7.36. The van der Waals surface area contributed by atoms with Gasteiger partial charge < -0.3 is 10.2 Å². The van der Waals surface area contributed by atoms with E-state index >= 15 is 0 Å². The molecule has 1 aromatic carbocycles. The van der Waals surface area contributed by atoms with Crippen molar-refractivity contribution in [3.05, 3.63) is 35.6 Å². The molecule has 3 rings (SSSR count). The quantitative estimate of drug-likeness (QED) is 0.807. The number of piperidine rings is 1. The molecular weight excluding hydrogens is 347 g/mol. The molecule has 0 spiro atoms. The lowest BCUT2D eigenvalue weighted by Gasteiger charge is -2.35. The largest absolute Gasteiger partial charge is 0.351 e. The monoisotopic (exact) mass is 376 g/mol. The van der Waals surface area contributed by atoms with Gasteiger partial charge in [-0.2, -0.15) is 0 Å². The number of hydrogen-bond acceptors (Lipinski definition) is 4. The molecule has 0 radical (unpaired) electrons. The summed E-state index contributed by atoms with van der Waals surface area (Å²) in [6.45, 7) is 5.88. The SMILES string of the molecule is O=C(CN1CCN(CC(=O)N2CCCCC2)CC1)NCc1ccccc1F. The van der Waals surface area contributed by atoms with Gasteiger partial charge in [0.15, 0.2) is 0 Å². The van der Waals surface area contributed by atoms with E-state index in [2.05, 4.69) is 15.1 Å². The van der Waals surface area contributed by atoms with Crippen molar-refractivity contribution in [3.8, 4) is 0 Å². The third kappa shape index (κ3) is 6.01. The molecule has 0 bridgehead atoms. The summed E-state index contributed by atoms with van der Waals surface area (Å²) >= 11 is 0. The Balaban J connectivity index is 1.34. The average molecular weight is 376 g/mol. The molecule has 2 fully saturated rings. The number of nitrogens with zero attached hydrogens (tertiary/aromatic N) is 3. The van der Waals surface area contributed by atoms with E-state index in [0.717, 1.165) is 52.1 Å². The molecule has 0 aromatic heterocycles. The van der Waals surface area contributed by atoms with Crippen LogP contribution in [-0.2, 0) is 16.1 Å². The lowest BCUT2D eigenvalue weighted by molar-refractivity contribution is -0.134. The molecule has 0 unspecified atom stereocenters. The van der Waals surface area contributed by atoms with Gasteiger partial charge in [0.2, 0.25) is 11.8 Å². The van der Waals surface area contributed by atoms with E-state index in [0.29, 0.717) is 18.7 Å². The van der Waals surface area contributed by atoms with Gasteiger partial charge in [-0.3, -0.25) is 19.4 Å². The molecule has 6 nitrogen and oxygen atoms in total. The number of carbonyl (C=O) groups is 2. The fourth-order valence-corrected chi connectivity index (χ4v) is 3.63. The second kappa shape index (κ2) is 9.80. The number of hydrogen-bond donors (Lipinski definition) is 1. The van der Waals surface area contributed by atoms with Gasteiger partial charge in [0.1, 0.15) is 5.82 Å². The maximum atomic E-state index is 13.6. The molecule has 148 valence electrons. The van der Waals surface area contributed by atoms with E-state index in [1.165, 1.54) is 12.5 Å². The highest BCUT2D eigenvalue weighted by molar-refractivity contribution is 5.78. The highest BCUT2D eigenvalue weighted by atomic mass is 19.1. The first-order chi connectivity index (χ1) is 13.1. The van der Waals surface area contributed by atoms with E-state index in [1.807, 2.05) is 4.90 Å². The zero-order valence-corrected chi connectivity index (χ0v) is 15.8. The van der Waals surface area contributed by atoms with Gasteiger partial charge in [-0.15, -0.1) is 0 Å². The lowest BCUT2D eigenvalue weighted by Crippen LogP contribution is -2.52. The highest BCUT2D eigenvalue weighted by Crippen LogP contribution is 2.10. The second-order valence-corrected chi connectivity index (χ2v) is 7.36. The Kier molecular flexibility index (Phi) is 7.18. The number of piperazine rings is 1. The van der Waals surface area contributed by atoms with Crippen molar-refractivity contribution in [3.63, 3.8) is 0 Å². The summed E-state index contributed by atoms with van der Waals surface area (Å²) in [6.07, 6.45) is 3.45. The molecule has 2 aliphatic heterocycles. The third-order valence-electron chi connectivity index (χ3n) is 5.33. The molecule has 1 aromatic rings. The Bertz CT molecular complexity index is 641. The number of rotatable bonds is 6. The fraction of sp³-hybridized carbons (Fsp3) is 0.600. The zero-order chi connectivity index (χ0) is 19.1. The standard InChI is InChI=1S/C20H29FN4O2/c21-18-7-3-2-6-17(18)14-22-19(26)15-23-10-12-24(13-11-23)16-20(27)25-8-4-1-5-9-25/h2-3,6-7H,1,4-5,8-16H2,(H,22,26). The van der Waals surface area contributed by atoms with Crippen LogP contribution < -0.4 is 5.32 Å². The molecule has 7 heteroatoms. The van der Waals surface area contributed by atoms with Crippen LogP contribution in [0.2, 0.25) is 0 Å². The molecule has 0 saturated carbocycles. The predicted octanol–water partition coefficient (Wildman–Crippen LogP) is 1.07. The molecular formula is C20H29FN4O2. The summed E-state index contributed by atoms with van der Waals surface area (Å²) < 4.78 is 13.6. The summed E-state index contributed by atoms with van der Waals surface area (Å²) in [4.78, 5) is 30.7. The molecule has 0 atom stereocenters. The summed E-state index contributed by atoms with van der Waals surface area (Å²) in [5.41, 5.74) is 0.492. The van der Waals surface area contributed by atoms with Crippen LogP contribution >= 0.6 is 0 Å². The molecule has 27 heavy (non-hydrogen) atoms. The Hall–Kier alpha value is -1.99. The van der Waals surface area contributed by atoms with Crippen molar-refractivity contribution < 1.29 is 14.0 Å². The van der Waals surface area contributed by atoms with E-state index in [4.69, 9.17) is 0 Å². The first kappa shape index (κ1) is 19.8. The summed E-state index contributed by atoms with van der Waals surface area (Å²) in [6, 6.07) is 6.46. The van der Waals surface area contributed by atoms with Crippen LogP contribution in [-0.4, -0.2) is 78.9 Å². The number of amides is 2. The molecule has 2 amide bonds. The van der Waals surface area contributed by atoms with Crippen molar-refractivity contribution in [2.75, 3.05) is 52.4 Å². The van der Waals surface area contributed by atoms with Crippen LogP contribution in [0.4, 0.5) is 4.39 Å². The van der Waals surface area contributed by atoms with Crippen molar-refractivity contribution in [1.29, 1.82) is 0 Å². The summed E-state index contributed by atoms with van der Waals surface area (Å²) in [5.74, 6) is -0.174. The normalized spacial score (nSPS) is 19.1. The van der Waals surface area contributed by atoms with Crippen LogP contribution in [0, 0.1) is 5.82 Å². The van der Waals surface area contributed by atoms with Gasteiger partial charge in [-0.05, 0) is 25.3 Å². The van der Waals surface area contributed by atoms with E-state index in [9.17, 15) is 14.0 Å². The molecule has 1 N–H and O–H groups in total. The van der Waals surface area contributed by atoms with Crippen LogP contribution in [0.25, 0.3) is 0 Å². The lowest BCUT2D eigenvalue weighted by atomic mass is 10.1. The summed E-state index contributed by atoms with van der Waals surface area (Å²) in [7, 11) is 0. The van der Waals surface area contributed by atoms with Crippen molar-refractivity contribution in [2.45, 2.75) is 25.8 Å². The Morgan fingerprint density at radius 3 is 2.19 bits per heavy atom. The van der Waals surface area contributed by atoms with Crippen molar-refractivity contribution in [2.24, 2.45) is 0 Å². The minimum Gasteiger partial charge on any atom is -0.351 e. The molecule has 2 saturated heterocycles. The molecule has 2 aliphatic rings. The number of likely N-dealkylation sites (tertiary alicyclic amines) is 1. The van der Waals surface area contributed by atoms with Crippen LogP contribution in [0.5, 0.6) is 0 Å². The van der Waals surface area contributed by atoms with E-state index in [-0.39, 0.29) is 24.2 Å². The van der Waals surface area contributed by atoms with Gasteiger partial charge in [0.25, 0.3) is 0 Å². The number of carbonyl (C=O) groups excluding carboxylic acids is 2. The number of nitrogens with one attached hydrogen (secondary N) is 1. The predicted molar refractivity (Wildman–Crippen MR) is 102 cm³/mol. The van der Waals surface area contributed by atoms with E-state index < -0.39 is 0 Å². The third-order valence-corrected chi connectivity index (χ3v) is 5.33. The highest BCUT2D eigenvalue weighted by Gasteiger charge is 2.23. The van der Waals surface area contributed by atoms with Crippen LogP contribution in [0.3, 0.4) is 0 Å². The number of halogens is 1. The van der Waals surface area contributed by atoms with Crippen LogP contribution in [0.15, 0.2) is 24.3 Å². The summed E-state index contributed by atoms with van der Waals surface area (Å²) in [5, 5.41) is 2.78. The van der Waals surface area contributed by atoms with Gasteiger partial charge in [0.05, 0.1) is 13.1 Å². The van der Waals surface area contributed by atoms with Crippen LogP contribution in [0.1, 0.15) is 24.8 Å². The first-order valence-corrected chi connectivity index (χ1v) is 9.84. The first-order valence-electron chi connectivity index (χ1n) is 9.84. The van der Waals surface area contributed by atoms with Crippen molar-refractivity contribution in [1.82, 2.24) is 20.0 Å². The number of benzene rings is 1. The maximum absolute atomic E-state index is 13.6. The topological polar surface area (TPSA) is 55.9 Å². The Morgan fingerprint density at radius 1 is 0.889 bits per heavy atom. The van der Waals surface area contributed by atoms with Gasteiger partial charge in [-0.1, -0.05) is 18.2 Å². The van der Waals surface area contributed by atoms with E-state index in [1.54, 1.807) is 18.2 Å².